The molecule has 0 aromatic heterocycles. The maximum Gasteiger partial charge on any atom is 0.223 e. The third-order valence-electron chi connectivity index (χ3n) is 4.18. The summed E-state index contributed by atoms with van der Waals surface area (Å²) in [4.78, 5) is 25.7. The van der Waals surface area contributed by atoms with Crippen LogP contribution in [0.5, 0.6) is 5.75 Å². The number of nitrogens with zero attached hydrogens (tertiary/aromatic N) is 1. The molecule has 0 aliphatic rings. The Hall–Kier alpha value is -2.53. The number of rotatable bonds is 9. The Balaban J connectivity index is 1.84. The summed E-state index contributed by atoms with van der Waals surface area (Å²) in [5, 5.41) is 3.41. The van der Waals surface area contributed by atoms with Crippen molar-refractivity contribution in [3.63, 3.8) is 0 Å². The molecule has 5 nitrogen and oxygen atoms in total. The first-order valence-electron chi connectivity index (χ1n) is 8.93. The molecule has 2 rings (SSSR count). The number of nitrogens with one attached hydrogen (secondary N) is 1. The minimum atomic E-state index is -0.174. The Kier molecular flexibility index (Phi) is 8.14. The topological polar surface area (TPSA) is 58.6 Å². The van der Waals surface area contributed by atoms with E-state index >= 15 is 0 Å². The van der Waals surface area contributed by atoms with E-state index in [1.54, 1.807) is 18.2 Å². The van der Waals surface area contributed by atoms with Gasteiger partial charge in [0.25, 0.3) is 0 Å². The third kappa shape index (κ3) is 6.61. The number of hydrogen-bond donors (Lipinski definition) is 1. The number of methoxy groups -OCH3 is 1. The molecule has 27 heavy (non-hydrogen) atoms. The maximum absolute atomic E-state index is 12.1. The number of ether oxygens (including phenoxy) is 1. The van der Waals surface area contributed by atoms with Gasteiger partial charge in [0.05, 0.1) is 12.8 Å². The summed E-state index contributed by atoms with van der Waals surface area (Å²) in [6, 6.07) is 15.2. The van der Waals surface area contributed by atoms with Gasteiger partial charge in [-0.25, -0.2) is 0 Å². The first-order valence-corrected chi connectivity index (χ1v) is 9.31. The predicted octanol–water partition coefficient (Wildman–Crippen LogP) is 3.84. The minimum Gasteiger partial charge on any atom is -0.495 e. The molecule has 6 heteroatoms. The molecule has 0 aliphatic heterocycles. The van der Waals surface area contributed by atoms with Crippen LogP contribution in [0.3, 0.4) is 0 Å². The van der Waals surface area contributed by atoms with Gasteiger partial charge in [0, 0.05) is 31.5 Å². The van der Waals surface area contributed by atoms with Crippen LogP contribution in [0, 0.1) is 0 Å². The summed E-state index contributed by atoms with van der Waals surface area (Å²) >= 11 is 6.05. The van der Waals surface area contributed by atoms with E-state index in [2.05, 4.69) is 17.4 Å². The van der Waals surface area contributed by atoms with E-state index in [1.165, 1.54) is 24.5 Å². The Labute approximate surface area is 165 Å². The van der Waals surface area contributed by atoms with Gasteiger partial charge >= 0.3 is 0 Å². The summed E-state index contributed by atoms with van der Waals surface area (Å²) in [6.07, 6.45) is 2.00. The van der Waals surface area contributed by atoms with Crippen LogP contribution in [-0.4, -0.2) is 32.0 Å². The smallest absolute Gasteiger partial charge is 0.223 e. The maximum atomic E-state index is 12.1. The molecule has 2 aromatic carbocycles. The zero-order chi connectivity index (χ0) is 19.6. The lowest BCUT2D eigenvalue weighted by Gasteiger charge is -2.23. The summed E-state index contributed by atoms with van der Waals surface area (Å²) in [5.41, 5.74) is 1.82. The number of carbonyl (C=O) groups excluding carboxylic acids is 2. The standard InChI is InChI=1S/C21H25ClN2O3/c1-16(25)24(19-15-18(22)10-11-20(19)27-2)14-12-21(26)23-13-6-9-17-7-4-3-5-8-17/h3-5,7-8,10-11,15H,6,9,12-14H2,1-2H3,(H,23,26). The molecule has 1 N–H and O–H groups in total. The predicted molar refractivity (Wildman–Crippen MR) is 108 cm³/mol. The van der Waals surface area contributed by atoms with Crippen molar-refractivity contribution >= 4 is 29.1 Å². The highest BCUT2D eigenvalue weighted by atomic mass is 35.5. The molecule has 0 bridgehead atoms. The van der Waals surface area contributed by atoms with Crippen LogP contribution in [0.2, 0.25) is 5.02 Å². The number of benzene rings is 2. The normalized spacial score (nSPS) is 10.3. The average Bonchev–Trinajstić information content (AvgIpc) is 2.66. The zero-order valence-corrected chi connectivity index (χ0v) is 16.5. The van der Waals surface area contributed by atoms with Crippen molar-refractivity contribution in [3.8, 4) is 5.75 Å². The van der Waals surface area contributed by atoms with Crippen LogP contribution in [-0.2, 0) is 16.0 Å². The zero-order valence-electron chi connectivity index (χ0n) is 15.7. The molecule has 0 unspecified atom stereocenters. The lowest BCUT2D eigenvalue weighted by molar-refractivity contribution is -0.121. The minimum absolute atomic E-state index is 0.0877. The number of amides is 2. The van der Waals surface area contributed by atoms with Crippen molar-refractivity contribution in [3.05, 3.63) is 59.1 Å². The van der Waals surface area contributed by atoms with E-state index in [1.807, 2.05) is 18.2 Å². The SMILES string of the molecule is COc1ccc(Cl)cc1N(CCC(=O)NCCCc1ccccc1)C(C)=O. The molecule has 0 fully saturated rings. The van der Waals surface area contributed by atoms with Crippen LogP contribution >= 0.6 is 11.6 Å². The second-order valence-electron chi connectivity index (χ2n) is 6.18. The number of carbonyl (C=O) groups is 2. The molecule has 0 spiro atoms. The molecule has 144 valence electrons. The number of hydrogen-bond acceptors (Lipinski definition) is 3. The first-order chi connectivity index (χ1) is 13.0. The molecular formula is C21H25ClN2O3. The average molecular weight is 389 g/mol. The van der Waals surface area contributed by atoms with Crippen LogP contribution in [0.4, 0.5) is 5.69 Å². The van der Waals surface area contributed by atoms with Crippen molar-refractivity contribution in [1.29, 1.82) is 0 Å². The van der Waals surface area contributed by atoms with E-state index in [0.29, 0.717) is 23.0 Å². The highest BCUT2D eigenvalue weighted by molar-refractivity contribution is 6.31. The van der Waals surface area contributed by atoms with Crippen molar-refractivity contribution in [2.75, 3.05) is 25.1 Å². The van der Waals surface area contributed by atoms with E-state index in [9.17, 15) is 9.59 Å². The Bertz CT molecular complexity index is 765. The van der Waals surface area contributed by atoms with Crippen LogP contribution < -0.4 is 15.0 Å². The van der Waals surface area contributed by atoms with Gasteiger partial charge in [0.1, 0.15) is 5.75 Å². The fourth-order valence-corrected chi connectivity index (χ4v) is 2.95. The summed E-state index contributed by atoms with van der Waals surface area (Å²) < 4.78 is 5.31. The lowest BCUT2D eigenvalue weighted by atomic mass is 10.1. The van der Waals surface area contributed by atoms with Crippen LogP contribution in [0.15, 0.2) is 48.5 Å². The molecule has 2 amide bonds. The highest BCUT2D eigenvalue weighted by Gasteiger charge is 2.18. The van der Waals surface area contributed by atoms with Crippen molar-refractivity contribution in [2.45, 2.75) is 26.2 Å². The summed E-state index contributed by atoms with van der Waals surface area (Å²) in [5.74, 6) is 0.278. The van der Waals surface area contributed by atoms with E-state index in [0.717, 1.165) is 12.8 Å². The van der Waals surface area contributed by atoms with E-state index in [4.69, 9.17) is 16.3 Å². The number of aryl methyl sites for hydroxylation is 1. The molecule has 0 atom stereocenters. The molecule has 0 saturated heterocycles. The molecular weight excluding hydrogens is 364 g/mol. The van der Waals surface area contributed by atoms with E-state index in [-0.39, 0.29) is 24.8 Å². The first kappa shape index (κ1) is 20.8. The van der Waals surface area contributed by atoms with Gasteiger partial charge in [-0.15, -0.1) is 0 Å². The Morgan fingerprint density at radius 1 is 1.15 bits per heavy atom. The Morgan fingerprint density at radius 2 is 1.89 bits per heavy atom. The fourth-order valence-electron chi connectivity index (χ4n) is 2.79. The third-order valence-corrected chi connectivity index (χ3v) is 4.42. The fraction of sp³-hybridized carbons (Fsp3) is 0.333. The number of anilines is 1. The van der Waals surface area contributed by atoms with Crippen molar-refractivity contribution in [2.24, 2.45) is 0 Å². The van der Waals surface area contributed by atoms with Gasteiger partial charge < -0.3 is 15.0 Å². The van der Waals surface area contributed by atoms with Gasteiger partial charge in [-0.1, -0.05) is 41.9 Å². The largest absolute Gasteiger partial charge is 0.495 e. The van der Waals surface area contributed by atoms with Gasteiger partial charge in [0.15, 0.2) is 0 Å². The summed E-state index contributed by atoms with van der Waals surface area (Å²) in [6.45, 7) is 2.32. The second kappa shape index (κ2) is 10.6. The molecule has 0 heterocycles. The molecule has 2 aromatic rings. The van der Waals surface area contributed by atoms with Crippen molar-refractivity contribution < 1.29 is 14.3 Å². The van der Waals surface area contributed by atoms with Crippen LogP contribution in [0.1, 0.15) is 25.3 Å². The van der Waals surface area contributed by atoms with E-state index < -0.39 is 0 Å². The highest BCUT2D eigenvalue weighted by Crippen LogP contribution is 2.31. The lowest BCUT2D eigenvalue weighted by Crippen LogP contribution is -2.34. The summed E-state index contributed by atoms with van der Waals surface area (Å²) in [7, 11) is 1.53. The van der Waals surface area contributed by atoms with Gasteiger partial charge in [-0.3, -0.25) is 9.59 Å². The van der Waals surface area contributed by atoms with Crippen molar-refractivity contribution in [1.82, 2.24) is 5.32 Å². The Morgan fingerprint density at radius 3 is 2.56 bits per heavy atom. The number of halogens is 1. The monoisotopic (exact) mass is 388 g/mol. The van der Waals surface area contributed by atoms with Gasteiger partial charge in [-0.05, 0) is 36.6 Å². The van der Waals surface area contributed by atoms with Gasteiger partial charge in [-0.2, -0.15) is 0 Å². The molecule has 0 aliphatic carbocycles. The molecule has 0 saturated carbocycles. The van der Waals surface area contributed by atoms with Crippen LogP contribution in [0.25, 0.3) is 0 Å². The molecule has 0 radical (unpaired) electrons. The van der Waals surface area contributed by atoms with Gasteiger partial charge in [0.2, 0.25) is 11.8 Å². The second-order valence-corrected chi connectivity index (χ2v) is 6.61. The quantitative estimate of drug-likeness (QED) is 0.664.